The number of hydrogen-bond donors (Lipinski definition) is 4. The number of carbonyl (C=O) groups is 1. The summed E-state index contributed by atoms with van der Waals surface area (Å²) >= 11 is -2.46. The van der Waals surface area contributed by atoms with Crippen LogP contribution in [0.25, 0.3) is 0 Å². The standard InChI is InChI=1S/C18H19N7O4S.2H2/c1-12(15-4-2-13(8-19)10-22-15)23-11-29-7-6-21-18(26)25-16-5-3-14(9-20)24-17(16)30(27)28;;/h2-5,10,12,23H,6-7,11H2,1H3,(H,27,28)(H2,21,25,26);2*1H/t12-;;/m0../s1. The molecule has 4 N–H and O–H groups in total. The van der Waals surface area contributed by atoms with E-state index in [1.165, 1.54) is 18.3 Å². The molecule has 160 valence electrons. The number of pyridine rings is 2. The van der Waals surface area contributed by atoms with Crippen LogP contribution in [0, 0.1) is 22.7 Å². The number of ether oxygens (including phenoxy) is 1. The maximum Gasteiger partial charge on any atom is 0.319 e. The topological polar surface area (TPSA) is 173 Å². The van der Waals surface area contributed by atoms with Gasteiger partial charge in [0.25, 0.3) is 0 Å². The fraction of sp³-hybridized carbons (Fsp3) is 0.278. The molecule has 0 radical (unpaired) electrons. The Balaban J connectivity index is 0.00000480. The predicted octanol–water partition coefficient (Wildman–Crippen LogP) is 1.74. The number of nitrogens with zero attached hydrogens (tertiary/aromatic N) is 4. The second-order valence-corrected chi connectivity index (χ2v) is 6.74. The number of anilines is 1. The minimum Gasteiger partial charge on any atom is -0.364 e. The molecule has 0 saturated heterocycles. The largest absolute Gasteiger partial charge is 0.364 e. The van der Waals surface area contributed by atoms with Gasteiger partial charge in [-0.05, 0) is 31.2 Å². The number of urea groups is 1. The molecule has 2 aromatic rings. The van der Waals surface area contributed by atoms with Crippen molar-refractivity contribution >= 4 is 22.8 Å². The van der Waals surface area contributed by atoms with Crippen LogP contribution in [-0.2, 0) is 15.8 Å². The average Bonchev–Trinajstić information content (AvgIpc) is 2.76. The first kappa shape index (κ1) is 22.9. The molecule has 12 heteroatoms. The first-order chi connectivity index (χ1) is 14.4. The lowest BCUT2D eigenvalue weighted by atomic mass is 10.2. The molecule has 2 rings (SSSR count). The number of nitriles is 2. The summed E-state index contributed by atoms with van der Waals surface area (Å²) in [6, 6.07) is 9.16. The summed E-state index contributed by atoms with van der Waals surface area (Å²) in [7, 11) is 0. The van der Waals surface area contributed by atoms with Gasteiger partial charge in [-0.15, -0.1) is 0 Å². The van der Waals surface area contributed by atoms with E-state index in [9.17, 15) is 13.6 Å². The Morgan fingerprint density at radius 1 is 1.33 bits per heavy atom. The Bertz CT molecular complexity index is 996. The van der Waals surface area contributed by atoms with Gasteiger partial charge in [-0.25, -0.2) is 14.0 Å². The minimum atomic E-state index is -2.46. The number of amides is 2. The van der Waals surface area contributed by atoms with E-state index in [1.807, 2.05) is 13.0 Å². The van der Waals surface area contributed by atoms with Crippen molar-refractivity contribution in [3.8, 4) is 12.1 Å². The van der Waals surface area contributed by atoms with Crippen molar-refractivity contribution in [2.75, 3.05) is 25.2 Å². The number of hydrogen-bond acceptors (Lipinski definition) is 8. The molecule has 0 aromatic carbocycles. The number of nitrogens with one attached hydrogen (secondary N) is 3. The quantitative estimate of drug-likeness (QED) is 0.261. The van der Waals surface area contributed by atoms with Crippen LogP contribution in [-0.4, -0.2) is 44.6 Å². The highest BCUT2D eigenvalue weighted by molar-refractivity contribution is 7.79. The van der Waals surface area contributed by atoms with Gasteiger partial charge in [0.2, 0.25) is 11.1 Å². The molecule has 0 saturated carbocycles. The molecule has 2 aromatic heterocycles. The van der Waals surface area contributed by atoms with E-state index in [0.29, 0.717) is 5.56 Å². The SMILES string of the molecule is C[C@H](NCOCCNC(=O)Nc1ccc(C#N)nc1S(=O)O)c1ccc(C#N)cn1.[HH].[HH]. The van der Waals surface area contributed by atoms with E-state index in [0.717, 1.165) is 5.69 Å². The maximum absolute atomic E-state index is 11.9. The third-order valence-corrected chi connectivity index (χ3v) is 4.41. The molecule has 0 fully saturated rings. The summed E-state index contributed by atoms with van der Waals surface area (Å²) < 4.78 is 26.0. The minimum absolute atomic E-state index is 0. The fourth-order valence-corrected chi connectivity index (χ4v) is 2.71. The smallest absolute Gasteiger partial charge is 0.319 e. The van der Waals surface area contributed by atoms with Crippen LogP contribution in [0.3, 0.4) is 0 Å². The van der Waals surface area contributed by atoms with Gasteiger partial charge in [0.05, 0.1) is 30.3 Å². The lowest BCUT2D eigenvalue weighted by molar-refractivity contribution is 0.112. The van der Waals surface area contributed by atoms with Gasteiger partial charge in [-0.1, -0.05) is 0 Å². The molecule has 1 unspecified atom stereocenters. The van der Waals surface area contributed by atoms with Gasteiger partial charge in [-0.2, -0.15) is 10.5 Å². The highest BCUT2D eigenvalue weighted by Crippen LogP contribution is 2.16. The van der Waals surface area contributed by atoms with E-state index in [4.69, 9.17) is 15.3 Å². The summed E-state index contributed by atoms with van der Waals surface area (Å²) in [5.41, 5.74) is 1.24. The molecule has 0 bridgehead atoms. The summed E-state index contributed by atoms with van der Waals surface area (Å²) in [6.45, 7) is 2.54. The van der Waals surface area contributed by atoms with Gasteiger partial charge in [0, 0.05) is 21.6 Å². The van der Waals surface area contributed by atoms with Crippen LogP contribution in [0.1, 0.15) is 32.8 Å². The molecular formula is C18H23N7O4S. The van der Waals surface area contributed by atoms with E-state index < -0.39 is 17.1 Å². The lowest BCUT2D eigenvalue weighted by Crippen LogP contribution is -2.33. The second kappa shape index (κ2) is 11.5. The van der Waals surface area contributed by atoms with Crippen LogP contribution in [0.4, 0.5) is 10.5 Å². The van der Waals surface area contributed by atoms with Crippen molar-refractivity contribution in [2.24, 2.45) is 0 Å². The monoisotopic (exact) mass is 433 g/mol. The van der Waals surface area contributed by atoms with E-state index in [2.05, 4.69) is 25.9 Å². The Morgan fingerprint density at radius 3 is 2.77 bits per heavy atom. The highest BCUT2D eigenvalue weighted by Gasteiger charge is 2.13. The van der Waals surface area contributed by atoms with Crippen LogP contribution in [0.15, 0.2) is 35.5 Å². The average molecular weight is 433 g/mol. The molecule has 2 atom stereocenters. The van der Waals surface area contributed by atoms with E-state index >= 15 is 0 Å². The second-order valence-electron chi connectivity index (χ2n) is 5.85. The van der Waals surface area contributed by atoms with Crippen molar-refractivity contribution in [1.82, 2.24) is 20.6 Å². The van der Waals surface area contributed by atoms with E-state index in [1.54, 1.807) is 18.2 Å². The zero-order valence-corrected chi connectivity index (χ0v) is 16.8. The van der Waals surface area contributed by atoms with Crippen molar-refractivity contribution in [3.63, 3.8) is 0 Å². The normalized spacial score (nSPS) is 12.3. The molecule has 2 amide bonds. The molecule has 30 heavy (non-hydrogen) atoms. The molecule has 0 spiro atoms. The molecule has 11 nitrogen and oxygen atoms in total. The van der Waals surface area contributed by atoms with Crippen molar-refractivity contribution < 1.29 is 21.1 Å². The van der Waals surface area contributed by atoms with Crippen LogP contribution < -0.4 is 16.0 Å². The summed E-state index contributed by atoms with van der Waals surface area (Å²) in [6.07, 6.45) is 1.50. The molecule has 0 aliphatic heterocycles. The Morgan fingerprint density at radius 2 is 2.13 bits per heavy atom. The molecule has 0 aliphatic rings. The van der Waals surface area contributed by atoms with Crippen LogP contribution in [0.5, 0.6) is 0 Å². The first-order valence-electron chi connectivity index (χ1n) is 8.68. The van der Waals surface area contributed by atoms with Gasteiger partial charge < -0.3 is 19.9 Å². The van der Waals surface area contributed by atoms with E-state index in [-0.39, 0.29) is 45.2 Å². The molecule has 0 aliphatic carbocycles. The Labute approximate surface area is 178 Å². The van der Waals surface area contributed by atoms with Crippen molar-refractivity contribution in [1.29, 1.82) is 10.5 Å². The first-order valence-corrected chi connectivity index (χ1v) is 9.79. The Kier molecular flexibility index (Phi) is 8.80. The molecular weight excluding hydrogens is 410 g/mol. The fourth-order valence-electron chi connectivity index (χ4n) is 2.22. The van der Waals surface area contributed by atoms with Gasteiger partial charge in [0.1, 0.15) is 17.8 Å². The number of aromatic nitrogens is 2. The van der Waals surface area contributed by atoms with Crippen molar-refractivity contribution in [2.45, 2.75) is 18.0 Å². The van der Waals surface area contributed by atoms with Crippen LogP contribution in [0.2, 0.25) is 0 Å². The Hall–Kier alpha value is -3.42. The van der Waals surface area contributed by atoms with Gasteiger partial charge in [-0.3, -0.25) is 10.3 Å². The number of carbonyl (C=O) groups excluding carboxylic acids is 1. The zero-order valence-electron chi connectivity index (χ0n) is 16.0. The maximum atomic E-state index is 11.9. The van der Waals surface area contributed by atoms with Gasteiger partial charge in [0.15, 0.2) is 5.03 Å². The summed E-state index contributed by atoms with van der Waals surface area (Å²) in [5.74, 6) is 0. The summed E-state index contributed by atoms with van der Waals surface area (Å²) in [5, 5.41) is 25.3. The third-order valence-electron chi connectivity index (χ3n) is 3.77. The molecule has 2 heterocycles. The predicted molar refractivity (Wildman–Crippen MR) is 111 cm³/mol. The summed E-state index contributed by atoms with van der Waals surface area (Å²) in [4.78, 5) is 19.8. The number of rotatable bonds is 9. The highest BCUT2D eigenvalue weighted by atomic mass is 32.2. The lowest BCUT2D eigenvalue weighted by Gasteiger charge is -2.14. The van der Waals surface area contributed by atoms with Gasteiger partial charge >= 0.3 is 6.03 Å². The third kappa shape index (κ3) is 6.88. The van der Waals surface area contributed by atoms with Crippen molar-refractivity contribution in [3.05, 3.63) is 47.4 Å². The van der Waals surface area contributed by atoms with Crippen LogP contribution >= 0.6 is 0 Å². The zero-order chi connectivity index (χ0) is 21.9.